The Balaban J connectivity index is 2.61. The van der Waals surface area contributed by atoms with Crippen molar-refractivity contribution in [3.05, 3.63) is 29.8 Å². The summed E-state index contributed by atoms with van der Waals surface area (Å²) in [5, 5.41) is 0. The van der Waals surface area contributed by atoms with E-state index in [9.17, 15) is 4.79 Å². The van der Waals surface area contributed by atoms with Crippen LogP contribution in [-0.2, 0) is 16.0 Å². The van der Waals surface area contributed by atoms with E-state index < -0.39 is 5.60 Å². The molecule has 0 spiro atoms. The number of rotatable bonds is 6. The summed E-state index contributed by atoms with van der Waals surface area (Å²) in [5.41, 5.74) is 12.8. The third kappa shape index (κ3) is 6.06. The Labute approximate surface area is 121 Å². The lowest BCUT2D eigenvalue weighted by molar-refractivity contribution is -0.160. The molecular weight excluding hydrogens is 252 g/mol. The maximum Gasteiger partial charge on any atom is 0.309 e. The number of hydrogen-bond donors (Lipinski definition) is 2. The van der Waals surface area contributed by atoms with Gasteiger partial charge in [-0.15, -0.1) is 0 Å². The Bertz CT molecular complexity index is 438. The molecule has 0 aromatic heterocycles. The van der Waals surface area contributed by atoms with Crippen molar-refractivity contribution >= 4 is 11.7 Å². The average Bonchev–Trinajstić information content (AvgIpc) is 2.32. The fourth-order valence-corrected chi connectivity index (χ4v) is 2.06. The Morgan fingerprint density at radius 1 is 1.30 bits per heavy atom. The van der Waals surface area contributed by atoms with Gasteiger partial charge in [-0.2, -0.15) is 0 Å². The largest absolute Gasteiger partial charge is 0.460 e. The van der Waals surface area contributed by atoms with Gasteiger partial charge in [-0.3, -0.25) is 4.79 Å². The monoisotopic (exact) mass is 278 g/mol. The van der Waals surface area contributed by atoms with Crippen molar-refractivity contribution in [2.24, 2.45) is 11.7 Å². The molecule has 0 heterocycles. The summed E-state index contributed by atoms with van der Waals surface area (Å²) in [7, 11) is 0. The molecule has 112 valence electrons. The van der Waals surface area contributed by atoms with Crippen molar-refractivity contribution < 1.29 is 9.53 Å². The molecule has 0 saturated carbocycles. The zero-order valence-corrected chi connectivity index (χ0v) is 12.7. The first-order chi connectivity index (χ1) is 9.31. The number of carbonyl (C=O) groups is 1. The van der Waals surface area contributed by atoms with Crippen molar-refractivity contribution in [1.29, 1.82) is 0 Å². The van der Waals surface area contributed by atoms with Crippen molar-refractivity contribution in [3.8, 4) is 0 Å². The lowest BCUT2D eigenvalue weighted by Crippen LogP contribution is -2.30. The Kier molecular flexibility index (Phi) is 6.02. The van der Waals surface area contributed by atoms with Gasteiger partial charge in [0.15, 0.2) is 0 Å². The predicted octanol–water partition coefficient (Wildman–Crippen LogP) is 2.51. The minimum Gasteiger partial charge on any atom is -0.460 e. The maximum absolute atomic E-state index is 12.1. The first kappa shape index (κ1) is 16.5. The van der Waals surface area contributed by atoms with Crippen LogP contribution in [0.1, 0.15) is 39.2 Å². The molecule has 1 unspecified atom stereocenters. The number of hydrogen-bond acceptors (Lipinski definition) is 4. The molecule has 1 aromatic carbocycles. The second-order valence-corrected chi connectivity index (χ2v) is 6.09. The van der Waals surface area contributed by atoms with Crippen molar-refractivity contribution in [2.75, 3.05) is 12.3 Å². The van der Waals surface area contributed by atoms with Crippen molar-refractivity contribution in [1.82, 2.24) is 0 Å². The zero-order chi connectivity index (χ0) is 15.2. The van der Waals surface area contributed by atoms with Crippen LogP contribution in [0.4, 0.5) is 5.69 Å². The van der Waals surface area contributed by atoms with Crippen LogP contribution in [-0.4, -0.2) is 18.1 Å². The van der Waals surface area contributed by atoms with Gasteiger partial charge in [0.25, 0.3) is 0 Å². The zero-order valence-electron chi connectivity index (χ0n) is 12.7. The van der Waals surface area contributed by atoms with Crippen molar-refractivity contribution in [3.63, 3.8) is 0 Å². The van der Waals surface area contributed by atoms with E-state index in [2.05, 4.69) is 0 Å². The van der Waals surface area contributed by atoms with Gasteiger partial charge in [0.1, 0.15) is 5.60 Å². The highest BCUT2D eigenvalue weighted by atomic mass is 16.6. The maximum atomic E-state index is 12.1. The van der Waals surface area contributed by atoms with Gasteiger partial charge in [-0.1, -0.05) is 12.1 Å². The van der Waals surface area contributed by atoms with Crippen LogP contribution in [0, 0.1) is 5.92 Å². The second kappa shape index (κ2) is 7.29. The molecule has 0 bridgehead atoms. The number of aryl methyl sites for hydroxylation is 1. The first-order valence-corrected chi connectivity index (χ1v) is 7.09. The molecule has 0 aliphatic carbocycles. The van der Waals surface area contributed by atoms with Crippen LogP contribution in [0.15, 0.2) is 24.3 Å². The minimum absolute atomic E-state index is 0.152. The van der Waals surface area contributed by atoms with Gasteiger partial charge < -0.3 is 16.2 Å². The number of nitrogen functional groups attached to an aromatic ring is 1. The molecule has 4 N–H and O–H groups in total. The van der Waals surface area contributed by atoms with E-state index >= 15 is 0 Å². The normalized spacial score (nSPS) is 13.0. The van der Waals surface area contributed by atoms with E-state index in [0.29, 0.717) is 13.0 Å². The molecule has 1 atom stereocenters. The van der Waals surface area contributed by atoms with Gasteiger partial charge in [0, 0.05) is 5.69 Å². The number of ether oxygens (including phenoxy) is 1. The molecular formula is C16H26N2O2. The molecule has 1 rings (SSSR count). The fourth-order valence-electron chi connectivity index (χ4n) is 2.06. The molecule has 0 radical (unpaired) electrons. The van der Waals surface area contributed by atoms with Crippen LogP contribution in [0.5, 0.6) is 0 Å². The third-order valence-corrected chi connectivity index (χ3v) is 2.99. The van der Waals surface area contributed by atoms with Crippen LogP contribution in [0.25, 0.3) is 0 Å². The van der Waals surface area contributed by atoms with Crippen LogP contribution in [0.3, 0.4) is 0 Å². The molecule has 0 saturated heterocycles. The Morgan fingerprint density at radius 2 is 2.00 bits per heavy atom. The lowest BCUT2D eigenvalue weighted by atomic mass is 9.96. The van der Waals surface area contributed by atoms with Crippen molar-refractivity contribution in [2.45, 2.75) is 45.6 Å². The topological polar surface area (TPSA) is 78.3 Å². The van der Waals surface area contributed by atoms with E-state index in [4.69, 9.17) is 16.2 Å². The number of benzene rings is 1. The molecule has 20 heavy (non-hydrogen) atoms. The summed E-state index contributed by atoms with van der Waals surface area (Å²) in [6, 6.07) is 7.74. The Hall–Kier alpha value is -1.55. The molecule has 0 amide bonds. The van der Waals surface area contributed by atoms with Gasteiger partial charge in [0.2, 0.25) is 0 Å². The summed E-state index contributed by atoms with van der Waals surface area (Å²) < 4.78 is 5.45. The molecule has 1 aromatic rings. The summed E-state index contributed by atoms with van der Waals surface area (Å²) in [6.45, 7) is 6.12. The fraction of sp³-hybridized carbons (Fsp3) is 0.562. The van der Waals surface area contributed by atoms with E-state index in [0.717, 1.165) is 24.1 Å². The highest BCUT2D eigenvalue weighted by molar-refractivity contribution is 5.72. The quantitative estimate of drug-likeness (QED) is 0.619. The van der Waals surface area contributed by atoms with E-state index in [1.54, 1.807) is 0 Å². The SMILES string of the molecule is CC(C)(C)OC(=O)C(CCN)CCc1cccc(N)c1. The minimum atomic E-state index is -0.457. The molecule has 4 nitrogen and oxygen atoms in total. The number of carbonyl (C=O) groups excluding carboxylic acids is 1. The van der Waals surface area contributed by atoms with E-state index in [1.165, 1.54) is 0 Å². The summed E-state index contributed by atoms with van der Waals surface area (Å²) in [5.74, 6) is -0.312. The standard InChI is InChI=1S/C16H26N2O2/c1-16(2,3)20-15(19)13(9-10-17)8-7-12-5-4-6-14(18)11-12/h4-6,11,13H,7-10,17-18H2,1-3H3. The summed E-state index contributed by atoms with van der Waals surface area (Å²) >= 11 is 0. The first-order valence-electron chi connectivity index (χ1n) is 7.09. The van der Waals surface area contributed by atoms with Gasteiger partial charge in [-0.25, -0.2) is 0 Å². The number of anilines is 1. The summed E-state index contributed by atoms with van der Waals surface area (Å²) in [6.07, 6.45) is 2.18. The van der Waals surface area contributed by atoms with Gasteiger partial charge in [-0.05, 0) is 64.3 Å². The molecule has 0 fully saturated rings. The van der Waals surface area contributed by atoms with Crippen LogP contribution < -0.4 is 11.5 Å². The van der Waals surface area contributed by atoms with Gasteiger partial charge in [0.05, 0.1) is 5.92 Å². The highest BCUT2D eigenvalue weighted by Gasteiger charge is 2.24. The predicted molar refractivity (Wildman–Crippen MR) is 82.2 cm³/mol. The average molecular weight is 278 g/mol. The third-order valence-electron chi connectivity index (χ3n) is 2.99. The molecule has 4 heteroatoms. The number of esters is 1. The van der Waals surface area contributed by atoms with E-state index in [1.807, 2.05) is 45.0 Å². The van der Waals surface area contributed by atoms with Crippen LogP contribution in [0.2, 0.25) is 0 Å². The summed E-state index contributed by atoms with van der Waals surface area (Å²) in [4.78, 5) is 12.1. The second-order valence-electron chi connectivity index (χ2n) is 6.09. The smallest absolute Gasteiger partial charge is 0.309 e. The number of nitrogens with two attached hydrogens (primary N) is 2. The van der Waals surface area contributed by atoms with Gasteiger partial charge >= 0.3 is 5.97 Å². The lowest BCUT2D eigenvalue weighted by Gasteiger charge is -2.23. The Morgan fingerprint density at radius 3 is 2.55 bits per heavy atom. The van der Waals surface area contributed by atoms with Crippen LogP contribution >= 0.6 is 0 Å². The highest BCUT2D eigenvalue weighted by Crippen LogP contribution is 2.19. The molecule has 0 aliphatic heterocycles. The van der Waals surface area contributed by atoms with E-state index in [-0.39, 0.29) is 11.9 Å². The molecule has 0 aliphatic rings.